The van der Waals surface area contributed by atoms with Crippen molar-refractivity contribution < 1.29 is 9.90 Å². The quantitative estimate of drug-likeness (QED) is 0.924. The fourth-order valence-electron chi connectivity index (χ4n) is 2.56. The van der Waals surface area contributed by atoms with Crippen molar-refractivity contribution in [2.45, 2.75) is 25.7 Å². The zero-order valence-corrected chi connectivity index (χ0v) is 11.9. The van der Waals surface area contributed by atoms with Crippen molar-refractivity contribution in [3.8, 4) is 0 Å². The number of para-hydroxylation sites is 1. The molecule has 1 fully saturated rings. The molecule has 1 aliphatic rings. The van der Waals surface area contributed by atoms with E-state index < -0.39 is 5.97 Å². The Morgan fingerprint density at radius 3 is 2.94 bits per heavy atom. The van der Waals surface area contributed by atoms with E-state index >= 15 is 0 Å². The van der Waals surface area contributed by atoms with Crippen LogP contribution in [0.2, 0.25) is 0 Å². The molecule has 1 aromatic rings. The van der Waals surface area contributed by atoms with Crippen molar-refractivity contribution in [2.75, 3.05) is 18.0 Å². The van der Waals surface area contributed by atoms with Gasteiger partial charge in [-0.3, -0.25) is 4.79 Å². The number of piperidine rings is 1. The first-order chi connectivity index (χ1) is 8.66. The topological polar surface area (TPSA) is 40.5 Å². The van der Waals surface area contributed by atoms with E-state index in [9.17, 15) is 4.79 Å². The lowest BCUT2D eigenvalue weighted by atomic mass is 9.93. The van der Waals surface area contributed by atoms with Crippen LogP contribution in [0.15, 0.2) is 28.7 Å². The fraction of sp³-hybridized carbons (Fsp3) is 0.500. The van der Waals surface area contributed by atoms with Crippen LogP contribution in [0.3, 0.4) is 0 Å². The summed E-state index contributed by atoms with van der Waals surface area (Å²) >= 11 is 3.58. The number of carboxylic acids is 1. The predicted molar refractivity (Wildman–Crippen MR) is 75.9 cm³/mol. The molecule has 98 valence electrons. The molecule has 1 aromatic carbocycles. The van der Waals surface area contributed by atoms with E-state index in [4.69, 9.17) is 5.11 Å². The van der Waals surface area contributed by atoms with E-state index in [1.54, 1.807) is 0 Å². The van der Waals surface area contributed by atoms with Gasteiger partial charge in [0.1, 0.15) is 0 Å². The lowest BCUT2D eigenvalue weighted by Gasteiger charge is -2.34. The molecule has 0 amide bonds. The highest BCUT2D eigenvalue weighted by Crippen LogP contribution is 2.30. The Bertz CT molecular complexity index is 422. The number of hydrogen-bond donors (Lipinski definition) is 1. The molecule has 18 heavy (non-hydrogen) atoms. The molecule has 0 bridgehead atoms. The Hall–Kier alpha value is -1.03. The Balaban J connectivity index is 1.98. The summed E-state index contributed by atoms with van der Waals surface area (Å²) in [6.45, 7) is 2.03. The summed E-state index contributed by atoms with van der Waals surface area (Å²) in [5.41, 5.74) is 1.22. The van der Waals surface area contributed by atoms with Crippen molar-refractivity contribution in [2.24, 2.45) is 5.92 Å². The van der Waals surface area contributed by atoms with Crippen LogP contribution in [-0.4, -0.2) is 24.2 Å². The van der Waals surface area contributed by atoms with Crippen LogP contribution in [0, 0.1) is 5.92 Å². The predicted octanol–water partition coefficient (Wildman–Crippen LogP) is 3.53. The molecule has 2 rings (SSSR count). The van der Waals surface area contributed by atoms with Gasteiger partial charge in [0.2, 0.25) is 0 Å². The highest BCUT2D eigenvalue weighted by molar-refractivity contribution is 9.10. The molecule has 0 aromatic heterocycles. The average Bonchev–Trinajstić information content (AvgIpc) is 2.37. The molecule has 0 saturated carbocycles. The second kappa shape index (κ2) is 6.23. The molecule has 0 spiro atoms. The van der Waals surface area contributed by atoms with Crippen LogP contribution >= 0.6 is 15.9 Å². The number of carbonyl (C=O) groups is 1. The van der Waals surface area contributed by atoms with Gasteiger partial charge in [-0.2, -0.15) is 0 Å². The monoisotopic (exact) mass is 311 g/mol. The first kappa shape index (κ1) is 13.4. The third kappa shape index (κ3) is 3.48. The largest absolute Gasteiger partial charge is 0.481 e. The lowest BCUT2D eigenvalue weighted by molar-refractivity contribution is -0.137. The van der Waals surface area contributed by atoms with Gasteiger partial charge in [-0.25, -0.2) is 0 Å². The van der Waals surface area contributed by atoms with Crippen LogP contribution in [0.25, 0.3) is 0 Å². The Kier molecular flexibility index (Phi) is 4.64. The third-order valence-corrected chi connectivity index (χ3v) is 4.15. The normalized spacial score (nSPS) is 19.8. The van der Waals surface area contributed by atoms with Crippen molar-refractivity contribution in [3.63, 3.8) is 0 Å². The first-order valence-corrected chi connectivity index (χ1v) is 7.17. The number of benzene rings is 1. The summed E-state index contributed by atoms with van der Waals surface area (Å²) in [7, 11) is 0. The zero-order valence-electron chi connectivity index (χ0n) is 10.3. The number of rotatable bonds is 4. The summed E-state index contributed by atoms with van der Waals surface area (Å²) in [4.78, 5) is 13.0. The second-order valence-electron chi connectivity index (χ2n) is 4.84. The van der Waals surface area contributed by atoms with Crippen LogP contribution in [0.4, 0.5) is 5.69 Å². The van der Waals surface area contributed by atoms with E-state index in [1.165, 1.54) is 5.69 Å². The van der Waals surface area contributed by atoms with Crippen LogP contribution in [-0.2, 0) is 4.79 Å². The summed E-state index contributed by atoms with van der Waals surface area (Å²) in [5, 5.41) is 8.75. The molecule has 1 aliphatic heterocycles. The SMILES string of the molecule is O=C(O)CCC1CCCN(c2ccccc2Br)C1. The molecule has 1 atom stereocenters. The van der Waals surface area contributed by atoms with Crippen molar-refractivity contribution in [3.05, 3.63) is 28.7 Å². The van der Waals surface area contributed by atoms with E-state index in [1.807, 2.05) is 12.1 Å². The van der Waals surface area contributed by atoms with Gasteiger partial charge in [0, 0.05) is 24.0 Å². The summed E-state index contributed by atoms with van der Waals surface area (Å²) < 4.78 is 1.11. The maximum Gasteiger partial charge on any atom is 0.303 e. The summed E-state index contributed by atoms with van der Waals surface area (Å²) in [6, 6.07) is 8.22. The maximum absolute atomic E-state index is 10.6. The average molecular weight is 312 g/mol. The summed E-state index contributed by atoms with van der Waals surface area (Å²) in [6.07, 6.45) is 3.37. The zero-order chi connectivity index (χ0) is 13.0. The highest BCUT2D eigenvalue weighted by atomic mass is 79.9. The van der Waals surface area contributed by atoms with Gasteiger partial charge in [0.05, 0.1) is 5.69 Å². The standard InChI is InChI=1S/C14H18BrNO2/c15-12-5-1-2-6-13(12)16-9-3-4-11(10-16)7-8-14(17)18/h1-2,5-6,11H,3-4,7-10H2,(H,17,18). The van der Waals surface area contributed by atoms with E-state index in [0.29, 0.717) is 5.92 Å². The first-order valence-electron chi connectivity index (χ1n) is 6.38. The minimum Gasteiger partial charge on any atom is -0.481 e. The molecule has 1 saturated heterocycles. The molecule has 0 radical (unpaired) electrons. The molecule has 0 aliphatic carbocycles. The molecule has 1 unspecified atom stereocenters. The Morgan fingerprint density at radius 2 is 2.22 bits per heavy atom. The van der Waals surface area contributed by atoms with Gasteiger partial charge in [-0.05, 0) is 53.2 Å². The van der Waals surface area contributed by atoms with Gasteiger partial charge in [0.15, 0.2) is 0 Å². The smallest absolute Gasteiger partial charge is 0.303 e. The van der Waals surface area contributed by atoms with Gasteiger partial charge in [-0.15, -0.1) is 0 Å². The van der Waals surface area contributed by atoms with Gasteiger partial charge < -0.3 is 10.0 Å². The molecular weight excluding hydrogens is 294 g/mol. The van der Waals surface area contributed by atoms with Crippen molar-refractivity contribution >= 4 is 27.6 Å². The number of halogens is 1. The number of nitrogens with zero attached hydrogens (tertiary/aromatic N) is 1. The van der Waals surface area contributed by atoms with Gasteiger partial charge in [0.25, 0.3) is 0 Å². The van der Waals surface area contributed by atoms with E-state index in [-0.39, 0.29) is 6.42 Å². The molecule has 1 heterocycles. The number of hydrogen-bond acceptors (Lipinski definition) is 2. The highest BCUT2D eigenvalue weighted by Gasteiger charge is 2.21. The number of anilines is 1. The molecule has 4 heteroatoms. The minimum atomic E-state index is -0.687. The van der Waals surface area contributed by atoms with E-state index in [2.05, 4.69) is 33.0 Å². The minimum absolute atomic E-state index is 0.286. The number of aliphatic carboxylic acids is 1. The summed E-state index contributed by atoms with van der Waals surface area (Å²) in [5.74, 6) is -0.185. The molecule has 1 N–H and O–H groups in total. The molecular formula is C14H18BrNO2. The lowest BCUT2D eigenvalue weighted by Crippen LogP contribution is -2.35. The molecule has 3 nitrogen and oxygen atoms in total. The van der Waals surface area contributed by atoms with Crippen molar-refractivity contribution in [1.29, 1.82) is 0 Å². The van der Waals surface area contributed by atoms with Gasteiger partial charge >= 0.3 is 5.97 Å². The Morgan fingerprint density at radius 1 is 1.44 bits per heavy atom. The van der Waals surface area contributed by atoms with Crippen LogP contribution < -0.4 is 4.90 Å². The maximum atomic E-state index is 10.6. The van der Waals surface area contributed by atoms with Gasteiger partial charge in [-0.1, -0.05) is 12.1 Å². The van der Waals surface area contributed by atoms with Crippen LogP contribution in [0.1, 0.15) is 25.7 Å². The van der Waals surface area contributed by atoms with E-state index in [0.717, 1.165) is 36.8 Å². The Labute approximate surface area is 116 Å². The number of carboxylic acid groups (broad SMARTS) is 1. The van der Waals surface area contributed by atoms with Crippen molar-refractivity contribution in [1.82, 2.24) is 0 Å². The third-order valence-electron chi connectivity index (χ3n) is 3.48. The van der Waals surface area contributed by atoms with Crippen LogP contribution in [0.5, 0.6) is 0 Å². The fourth-order valence-corrected chi connectivity index (χ4v) is 3.09. The second-order valence-corrected chi connectivity index (χ2v) is 5.69.